The molecule has 0 saturated heterocycles. The number of rotatable bonds is 12. The zero-order chi connectivity index (χ0) is 48.1. The Hall–Kier alpha value is -7.28. The number of aromatic nitrogens is 2. The summed E-state index contributed by atoms with van der Waals surface area (Å²) < 4.78 is 76.8. The molecule has 0 atom stereocenters. The van der Waals surface area contributed by atoms with Gasteiger partial charge in [0.1, 0.15) is 48.0 Å². The highest BCUT2D eigenvalue weighted by Crippen LogP contribution is 2.38. The van der Waals surface area contributed by atoms with Gasteiger partial charge in [0.25, 0.3) is 0 Å². The Morgan fingerprint density at radius 3 is 1.34 bits per heavy atom. The number of aromatic carboxylic acids is 1. The summed E-state index contributed by atoms with van der Waals surface area (Å²) in [6, 6.07) is 35.6. The third-order valence-corrected chi connectivity index (χ3v) is 11.5. The highest BCUT2D eigenvalue weighted by Gasteiger charge is 2.21. The first-order chi connectivity index (χ1) is 32.1. The topological polar surface area (TPSA) is 91.9 Å². The number of halogens is 6. The summed E-state index contributed by atoms with van der Waals surface area (Å²) in [4.78, 5) is 23.9. The fourth-order valence-electron chi connectivity index (χ4n) is 7.54. The number of ether oxygens (including phenoxy) is 3. The number of esters is 1. The summed E-state index contributed by atoms with van der Waals surface area (Å²) in [5, 5.41) is 10.5. The van der Waals surface area contributed by atoms with Gasteiger partial charge in [0.05, 0.1) is 40.8 Å². The molecule has 0 radical (unpaired) electrons. The summed E-state index contributed by atoms with van der Waals surface area (Å²) in [6.45, 7) is 6.81. The van der Waals surface area contributed by atoms with Gasteiger partial charge < -0.3 is 28.5 Å². The number of benzene rings is 6. The molecule has 0 saturated carbocycles. The zero-order valence-electron chi connectivity index (χ0n) is 36.8. The highest BCUT2D eigenvalue weighted by molar-refractivity contribution is 6.31. The molecule has 2 aromatic heterocycles. The second kappa shape index (κ2) is 20.5. The minimum atomic E-state index is -1.01. The van der Waals surface area contributed by atoms with E-state index in [-0.39, 0.29) is 29.9 Å². The van der Waals surface area contributed by atoms with Gasteiger partial charge in [-0.2, -0.15) is 0 Å². The molecule has 8 aromatic rings. The lowest BCUT2D eigenvalue weighted by Crippen LogP contribution is -2.07. The monoisotopic (exact) mass is 948 g/mol. The standard InChI is InChI=1S/C27H22ClF2NO3.C26H20ClF2NO3/c1-16-7-10-19(14-20(16)27(32)33-3)31-17(2)8-11-25(31)21-13-18(28)9-12-26(21)34-15-22-23(29)5-4-6-24(22)30;1-15-6-9-18(13-19(15)26(31)32)30-16(2)7-10-24(30)20-12-17(27)8-11-25(20)33-14-21-22(28)4-3-5-23(21)29/h4-14H,15H2,1-3H3;3-13H,14H2,1-2H3,(H,31,32). The van der Waals surface area contributed by atoms with Crippen LogP contribution in [0.5, 0.6) is 11.5 Å². The first-order valence-electron chi connectivity index (χ1n) is 20.7. The van der Waals surface area contributed by atoms with E-state index in [1.54, 1.807) is 61.5 Å². The molecule has 0 fully saturated rings. The van der Waals surface area contributed by atoms with E-state index >= 15 is 0 Å². The van der Waals surface area contributed by atoms with Gasteiger partial charge in [0.15, 0.2) is 0 Å². The minimum Gasteiger partial charge on any atom is -0.488 e. The average Bonchev–Trinajstić information content (AvgIpc) is 3.88. The molecule has 342 valence electrons. The van der Waals surface area contributed by atoms with E-state index in [1.165, 1.54) is 43.5 Å². The second-order valence-corrected chi connectivity index (χ2v) is 16.3. The zero-order valence-corrected chi connectivity index (χ0v) is 38.3. The molecule has 1 N–H and O–H groups in total. The normalized spacial score (nSPS) is 10.9. The molecule has 0 aliphatic rings. The number of methoxy groups -OCH3 is 1. The van der Waals surface area contributed by atoms with Crippen LogP contribution in [0.1, 0.15) is 54.4 Å². The number of nitrogens with zero attached hydrogens (tertiary/aromatic N) is 2. The van der Waals surface area contributed by atoms with E-state index in [1.807, 2.05) is 72.4 Å². The maximum atomic E-state index is 14.1. The first kappa shape index (κ1) is 47.7. The molecule has 0 amide bonds. The molecule has 67 heavy (non-hydrogen) atoms. The van der Waals surface area contributed by atoms with E-state index in [4.69, 9.17) is 37.4 Å². The van der Waals surface area contributed by atoms with Gasteiger partial charge in [-0.05, 0) is 148 Å². The third-order valence-electron chi connectivity index (χ3n) is 11.0. The Labute approximate surface area is 394 Å². The molecule has 0 aliphatic carbocycles. The summed E-state index contributed by atoms with van der Waals surface area (Å²) in [5.74, 6) is -3.38. The molecule has 8 nitrogen and oxygen atoms in total. The lowest BCUT2D eigenvalue weighted by molar-refractivity contribution is 0.0599. The van der Waals surface area contributed by atoms with Gasteiger partial charge in [-0.15, -0.1) is 0 Å². The third kappa shape index (κ3) is 10.4. The minimum absolute atomic E-state index is 0.156. The molecular formula is C53H42Cl2F4N2O6. The summed E-state index contributed by atoms with van der Waals surface area (Å²) in [6.07, 6.45) is 0. The van der Waals surface area contributed by atoms with Gasteiger partial charge in [-0.25, -0.2) is 27.2 Å². The maximum Gasteiger partial charge on any atom is 0.338 e. The van der Waals surface area contributed by atoms with Crippen LogP contribution in [0, 0.1) is 51.0 Å². The Balaban J connectivity index is 0.000000199. The van der Waals surface area contributed by atoms with Gasteiger partial charge in [0, 0.05) is 43.9 Å². The van der Waals surface area contributed by atoms with E-state index in [0.717, 1.165) is 28.3 Å². The quantitative estimate of drug-likeness (QED) is 0.0969. The Kier molecular flexibility index (Phi) is 14.6. The van der Waals surface area contributed by atoms with Gasteiger partial charge in [-0.1, -0.05) is 47.5 Å². The smallest absolute Gasteiger partial charge is 0.338 e. The SMILES string of the molecule is COC(=O)c1cc(-n2c(C)ccc2-c2cc(Cl)ccc2OCc2c(F)cccc2F)ccc1C.Cc1ccc(-n2c(C)ccc2-c2cc(Cl)ccc2OCc2c(F)cccc2F)cc1C(=O)O. The van der Waals surface area contributed by atoms with E-state index in [9.17, 15) is 32.3 Å². The van der Waals surface area contributed by atoms with Crippen LogP contribution in [0.25, 0.3) is 33.9 Å². The molecule has 2 heterocycles. The van der Waals surface area contributed by atoms with Crippen molar-refractivity contribution in [3.8, 4) is 45.4 Å². The highest BCUT2D eigenvalue weighted by atomic mass is 35.5. The number of aryl methyl sites for hydroxylation is 4. The van der Waals surface area contributed by atoms with Crippen LogP contribution in [0.3, 0.4) is 0 Å². The Bertz CT molecular complexity index is 3120. The van der Waals surface area contributed by atoms with Crippen LogP contribution in [0.4, 0.5) is 17.6 Å². The van der Waals surface area contributed by atoms with Crippen molar-refractivity contribution in [1.82, 2.24) is 9.13 Å². The Morgan fingerprint density at radius 2 is 0.940 bits per heavy atom. The molecule has 14 heteroatoms. The largest absolute Gasteiger partial charge is 0.488 e. The number of carboxylic acids is 1. The van der Waals surface area contributed by atoms with Crippen LogP contribution in [-0.2, 0) is 18.0 Å². The fraction of sp³-hybridized carbons (Fsp3) is 0.132. The van der Waals surface area contributed by atoms with Crippen molar-refractivity contribution >= 4 is 35.1 Å². The fourth-order valence-corrected chi connectivity index (χ4v) is 7.88. The number of carboxylic acid groups (broad SMARTS) is 1. The van der Waals surface area contributed by atoms with Crippen molar-refractivity contribution in [3.05, 3.63) is 212 Å². The lowest BCUT2D eigenvalue weighted by Gasteiger charge is -2.17. The van der Waals surface area contributed by atoms with Gasteiger partial charge in [-0.3, -0.25) is 0 Å². The average molecular weight is 950 g/mol. The van der Waals surface area contributed by atoms with Gasteiger partial charge >= 0.3 is 11.9 Å². The molecule has 6 aromatic carbocycles. The first-order valence-corrected chi connectivity index (χ1v) is 21.4. The number of hydrogen-bond acceptors (Lipinski definition) is 5. The van der Waals surface area contributed by atoms with Gasteiger partial charge in [0.2, 0.25) is 0 Å². The second-order valence-electron chi connectivity index (χ2n) is 15.4. The molecule has 0 aliphatic heterocycles. The predicted molar refractivity (Wildman–Crippen MR) is 251 cm³/mol. The molecule has 0 spiro atoms. The van der Waals surface area contributed by atoms with Crippen molar-refractivity contribution in [1.29, 1.82) is 0 Å². The summed E-state index contributed by atoms with van der Waals surface area (Å²) >= 11 is 12.6. The van der Waals surface area contributed by atoms with Crippen molar-refractivity contribution in [2.45, 2.75) is 40.9 Å². The number of carbonyl (C=O) groups excluding carboxylic acids is 1. The van der Waals surface area contributed by atoms with Crippen LogP contribution in [-0.4, -0.2) is 33.3 Å². The van der Waals surface area contributed by atoms with E-state index in [2.05, 4.69) is 0 Å². The van der Waals surface area contributed by atoms with Crippen LogP contribution >= 0.6 is 23.2 Å². The van der Waals surface area contributed by atoms with Crippen molar-refractivity contribution in [2.75, 3.05) is 7.11 Å². The van der Waals surface area contributed by atoms with E-state index in [0.29, 0.717) is 55.2 Å². The maximum absolute atomic E-state index is 14.1. The molecular weight excluding hydrogens is 907 g/mol. The van der Waals surface area contributed by atoms with Crippen molar-refractivity contribution in [2.24, 2.45) is 0 Å². The van der Waals surface area contributed by atoms with Crippen molar-refractivity contribution in [3.63, 3.8) is 0 Å². The molecule has 8 rings (SSSR count). The predicted octanol–water partition coefficient (Wildman–Crippen LogP) is 14.0. The van der Waals surface area contributed by atoms with Crippen molar-refractivity contribution < 1.29 is 46.5 Å². The van der Waals surface area contributed by atoms with Crippen LogP contribution in [0.15, 0.2) is 133 Å². The number of carbonyl (C=O) groups is 2. The number of hydrogen-bond donors (Lipinski definition) is 1. The Morgan fingerprint density at radius 1 is 0.537 bits per heavy atom. The lowest BCUT2D eigenvalue weighted by atomic mass is 10.1. The summed E-state index contributed by atoms with van der Waals surface area (Å²) in [7, 11) is 1.34. The van der Waals surface area contributed by atoms with Crippen LogP contribution < -0.4 is 9.47 Å². The summed E-state index contributed by atoms with van der Waals surface area (Å²) in [5.41, 5.74) is 7.60. The van der Waals surface area contributed by atoms with Crippen LogP contribution in [0.2, 0.25) is 10.0 Å². The molecule has 0 unspecified atom stereocenters. The van der Waals surface area contributed by atoms with E-state index < -0.39 is 35.2 Å². The molecule has 0 bridgehead atoms.